The standard InChI is InChI=1S/C19H15ClN2O4S/c1-12(23)11-27-16-8-3-2-7-15(16)19(24)25-10-17-21-18(22-26-17)13-5-4-6-14(20)9-13/h2-9H,10-11H2,1H3. The number of Topliss-reactive ketones (excluding diaryl/α,β-unsaturated/α-hetero) is 1. The van der Waals surface area contributed by atoms with Gasteiger partial charge in [0, 0.05) is 15.5 Å². The highest BCUT2D eigenvalue weighted by Crippen LogP contribution is 2.24. The minimum Gasteiger partial charge on any atom is -0.452 e. The molecule has 3 aromatic rings. The summed E-state index contributed by atoms with van der Waals surface area (Å²) in [4.78, 5) is 28.4. The van der Waals surface area contributed by atoms with Gasteiger partial charge < -0.3 is 9.26 Å². The van der Waals surface area contributed by atoms with Gasteiger partial charge in [0.1, 0.15) is 5.78 Å². The van der Waals surface area contributed by atoms with E-state index in [0.29, 0.717) is 26.9 Å². The second kappa shape index (κ2) is 8.83. The third-order valence-electron chi connectivity index (χ3n) is 3.42. The first-order valence-electron chi connectivity index (χ1n) is 8.00. The van der Waals surface area contributed by atoms with Gasteiger partial charge in [0.25, 0.3) is 5.89 Å². The zero-order chi connectivity index (χ0) is 19.2. The highest BCUT2D eigenvalue weighted by Gasteiger charge is 2.16. The maximum atomic E-state index is 12.4. The number of hydrogen-bond donors (Lipinski definition) is 0. The molecule has 0 amide bonds. The highest BCUT2D eigenvalue weighted by atomic mass is 35.5. The number of thioether (sulfide) groups is 1. The quantitative estimate of drug-likeness (QED) is 0.427. The minimum atomic E-state index is -0.524. The van der Waals surface area contributed by atoms with Gasteiger partial charge in [-0.1, -0.05) is 41.0 Å². The van der Waals surface area contributed by atoms with Gasteiger partial charge in [-0.2, -0.15) is 4.98 Å². The van der Waals surface area contributed by atoms with E-state index in [1.165, 1.54) is 18.7 Å². The van der Waals surface area contributed by atoms with E-state index in [9.17, 15) is 9.59 Å². The lowest BCUT2D eigenvalue weighted by molar-refractivity contribution is -0.114. The van der Waals surface area contributed by atoms with Crippen LogP contribution in [0.4, 0.5) is 0 Å². The number of ketones is 1. The van der Waals surface area contributed by atoms with Crippen molar-refractivity contribution in [3.05, 3.63) is 65.0 Å². The molecule has 0 bridgehead atoms. The van der Waals surface area contributed by atoms with Crippen molar-refractivity contribution in [2.24, 2.45) is 0 Å². The van der Waals surface area contributed by atoms with Crippen molar-refractivity contribution in [3.63, 3.8) is 0 Å². The van der Waals surface area contributed by atoms with E-state index < -0.39 is 5.97 Å². The number of ether oxygens (including phenoxy) is 1. The number of aromatic nitrogens is 2. The normalized spacial score (nSPS) is 10.6. The fourth-order valence-electron chi connectivity index (χ4n) is 2.20. The molecule has 0 saturated carbocycles. The van der Waals surface area contributed by atoms with Crippen LogP contribution in [0.25, 0.3) is 11.4 Å². The van der Waals surface area contributed by atoms with Crippen LogP contribution in [0, 0.1) is 0 Å². The van der Waals surface area contributed by atoms with Crippen molar-refractivity contribution >= 4 is 35.1 Å². The average Bonchev–Trinajstić information content (AvgIpc) is 3.14. The van der Waals surface area contributed by atoms with E-state index >= 15 is 0 Å². The Kier molecular flexibility index (Phi) is 6.26. The smallest absolute Gasteiger partial charge is 0.339 e. The van der Waals surface area contributed by atoms with Crippen molar-refractivity contribution in [2.75, 3.05) is 5.75 Å². The molecule has 3 rings (SSSR count). The van der Waals surface area contributed by atoms with Gasteiger partial charge in [-0.05, 0) is 31.2 Å². The average molecular weight is 403 g/mol. The molecule has 0 atom stereocenters. The van der Waals surface area contributed by atoms with Crippen LogP contribution in [0.15, 0.2) is 57.9 Å². The first-order valence-corrected chi connectivity index (χ1v) is 9.36. The molecule has 27 heavy (non-hydrogen) atoms. The lowest BCUT2D eigenvalue weighted by Crippen LogP contribution is -2.07. The number of esters is 1. The van der Waals surface area contributed by atoms with Gasteiger partial charge in [0.05, 0.1) is 11.3 Å². The first-order chi connectivity index (χ1) is 13.0. The van der Waals surface area contributed by atoms with E-state index in [0.717, 1.165) is 0 Å². The Morgan fingerprint density at radius 3 is 2.78 bits per heavy atom. The molecule has 6 nitrogen and oxygen atoms in total. The van der Waals surface area contributed by atoms with Crippen LogP contribution in [0.2, 0.25) is 5.02 Å². The first kappa shape index (κ1) is 19.1. The van der Waals surface area contributed by atoms with E-state index in [-0.39, 0.29) is 24.0 Å². The maximum absolute atomic E-state index is 12.4. The molecule has 1 heterocycles. The summed E-state index contributed by atoms with van der Waals surface area (Å²) in [5.74, 6) is 0.330. The molecular weight excluding hydrogens is 388 g/mol. The lowest BCUT2D eigenvalue weighted by atomic mass is 10.2. The van der Waals surface area contributed by atoms with Crippen molar-refractivity contribution in [2.45, 2.75) is 18.4 Å². The zero-order valence-electron chi connectivity index (χ0n) is 14.3. The van der Waals surface area contributed by atoms with Crippen LogP contribution >= 0.6 is 23.4 Å². The van der Waals surface area contributed by atoms with Gasteiger partial charge >= 0.3 is 5.97 Å². The molecule has 8 heteroatoms. The molecule has 0 aliphatic rings. The third-order valence-corrected chi connectivity index (χ3v) is 4.87. The summed E-state index contributed by atoms with van der Waals surface area (Å²) in [5, 5.41) is 4.43. The number of hydrogen-bond acceptors (Lipinski definition) is 7. The summed E-state index contributed by atoms with van der Waals surface area (Å²) in [6.07, 6.45) is 0. The fourth-order valence-corrected chi connectivity index (χ4v) is 3.23. The topological polar surface area (TPSA) is 82.3 Å². The summed E-state index contributed by atoms with van der Waals surface area (Å²) >= 11 is 7.25. The molecule has 0 unspecified atom stereocenters. The summed E-state index contributed by atoms with van der Waals surface area (Å²) in [5.41, 5.74) is 1.09. The fraction of sp³-hybridized carbons (Fsp3) is 0.158. The molecule has 0 radical (unpaired) electrons. The van der Waals surface area contributed by atoms with Gasteiger partial charge in [0.15, 0.2) is 6.61 Å². The summed E-state index contributed by atoms with van der Waals surface area (Å²) < 4.78 is 10.4. The molecule has 0 N–H and O–H groups in total. The Balaban J connectivity index is 1.66. The Hall–Kier alpha value is -2.64. The molecule has 0 aliphatic heterocycles. The number of benzene rings is 2. The SMILES string of the molecule is CC(=O)CSc1ccccc1C(=O)OCc1nc(-c2cccc(Cl)c2)no1. The molecule has 1 aromatic heterocycles. The summed E-state index contributed by atoms with van der Waals surface area (Å²) in [6.45, 7) is 1.35. The Labute approximate surface area is 164 Å². The van der Waals surface area contributed by atoms with Crippen molar-refractivity contribution in [3.8, 4) is 11.4 Å². The summed E-state index contributed by atoms with van der Waals surface area (Å²) in [6, 6.07) is 14.0. The lowest BCUT2D eigenvalue weighted by Gasteiger charge is -2.07. The van der Waals surface area contributed by atoms with Gasteiger partial charge in [-0.15, -0.1) is 11.8 Å². The van der Waals surface area contributed by atoms with E-state index in [4.69, 9.17) is 20.9 Å². The third kappa shape index (κ3) is 5.18. The van der Waals surface area contributed by atoms with E-state index in [1.54, 1.807) is 48.5 Å². The van der Waals surface area contributed by atoms with Gasteiger partial charge in [-0.25, -0.2) is 4.79 Å². The largest absolute Gasteiger partial charge is 0.452 e. The Morgan fingerprint density at radius 1 is 1.19 bits per heavy atom. The van der Waals surface area contributed by atoms with Crippen LogP contribution in [0.1, 0.15) is 23.2 Å². The molecule has 0 saturated heterocycles. The molecule has 138 valence electrons. The predicted molar refractivity (Wildman–Crippen MR) is 102 cm³/mol. The second-order valence-electron chi connectivity index (χ2n) is 5.59. The van der Waals surface area contributed by atoms with Crippen LogP contribution in [0.3, 0.4) is 0 Å². The van der Waals surface area contributed by atoms with Crippen LogP contribution < -0.4 is 0 Å². The molecule has 0 spiro atoms. The van der Waals surface area contributed by atoms with Crippen LogP contribution in [-0.2, 0) is 16.1 Å². The summed E-state index contributed by atoms with van der Waals surface area (Å²) in [7, 11) is 0. The van der Waals surface area contributed by atoms with Crippen molar-refractivity contribution in [1.82, 2.24) is 10.1 Å². The molecular formula is C19H15ClN2O4S. The zero-order valence-corrected chi connectivity index (χ0v) is 15.9. The Morgan fingerprint density at radius 2 is 2.00 bits per heavy atom. The number of carbonyl (C=O) groups excluding carboxylic acids is 2. The monoisotopic (exact) mass is 402 g/mol. The molecule has 0 fully saturated rings. The van der Waals surface area contributed by atoms with Crippen molar-refractivity contribution < 1.29 is 18.8 Å². The predicted octanol–water partition coefficient (Wildman–Crippen LogP) is 4.43. The maximum Gasteiger partial charge on any atom is 0.339 e. The molecule has 0 aliphatic carbocycles. The number of halogens is 1. The highest BCUT2D eigenvalue weighted by molar-refractivity contribution is 8.00. The van der Waals surface area contributed by atoms with Crippen molar-refractivity contribution in [1.29, 1.82) is 0 Å². The minimum absolute atomic E-state index is 0.0302. The van der Waals surface area contributed by atoms with Crippen LogP contribution in [0.5, 0.6) is 0 Å². The van der Waals surface area contributed by atoms with E-state index in [2.05, 4.69) is 10.1 Å². The number of rotatable bonds is 7. The second-order valence-corrected chi connectivity index (χ2v) is 7.04. The molecule has 2 aromatic carbocycles. The van der Waals surface area contributed by atoms with Gasteiger partial charge in [0.2, 0.25) is 5.82 Å². The van der Waals surface area contributed by atoms with E-state index in [1.807, 2.05) is 0 Å². The van der Waals surface area contributed by atoms with Crippen LogP contribution in [-0.4, -0.2) is 27.6 Å². The van der Waals surface area contributed by atoms with Gasteiger partial charge in [-0.3, -0.25) is 4.79 Å². The number of carbonyl (C=O) groups is 2. The Bertz CT molecular complexity index is 974. The number of nitrogens with zero attached hydrogens (tertiary/aromatic N) is 2.